The molecule has 44 heteroatoms. The molecule has 12 atom stereocenters. The third kappa shape index (κ3) is 33.1. The fourth-order valence-corrected chi connectivity index (χ4v) is 12.6. The van der Waals surface area contributed by atoms with E-state index in [9.17, 15) is 91.4 Å². The van der Waals surface area contributed by atoms with Crippen molar-refractivity contribution in [1.82, 2.24) is 89.4 Å². The summed E-state index contributed by atoms with van der Waals surface area (Å²) >= 11 is 1.43. The SMILES string of the molecule is CSCC[C@@H](NC(=O)[C@H](CC(C)C)NC(=O)[C@H](Cc1c[nH]cn1)NC(=O)CNC(=O)[C@@H](NC(=O)[C@H](C)NC(=O)[C@H](Cc1c[nH]c2ccccc12)NC(=O)[C@H](CCC(N)=O)NC(=O)[C@H](CC(N)=O)NC(=O)CNC(=O)[C@H](Cc1ccc(O)cc1)NC(=O)[C@H](CCCN=C(N)N)NC(=O)[C@H](CCC(N)=O)NC(=O)[C@@H]1CCC(=O)N1)C(C)C)C(N)=O. The van der Waals surface area contributed by atoms with Gasteiger partial charge in [-0.25, -0.2) is 4.98 Å². The van der Waals surface area contributed by atoms with E-state index in [2.05, 4.69) is 94.4 Å². The molecule has 4 aromatic rings. The van der Waals surface area contributed by atoms with Crippen molar-refractivity contribution >= 4 is 135 Å². The average molecular weight is 1670 g/mol. The molecular weight excluding hydrogens is 1560 g/mol. The van der Waals surface area contributed by atoms with Gasteiger partial charge in [0.1, 0.15) is 78.3 Å². The van der Waals surface area contributed by atoms with E-state index in [1.165, 1.54) is 55.5 Å². The molecule has 0 saturated carbocycles. The van der Waals surface area contributed by atoms with Gasteiger partial charge < -0.3 is 124 Å². The number of amides is 18. The summed E-state index contributed by atoms with van der Waals surface area (Å²) in [5.41, 5.74) is 34.8. The van der Waals surface area contributed by atoms with Gasteiger partial charge >= 0.3 is 0 Å². The lowest BCUT2D eigenvalue weighted by Crippen LogP contribution is -2.60. The molecule has 0 radical (unpaired) electrons. The number of phenols is 1. The second-order valence-corrected chi connectivity index (χ2v) is 29.9. The number of phenolic OH excluding ortho intramolecular Hbond substituents is 1. The van der Waals surface area contributed by atoms with Crippen molar-refractivity contribution in [2.24, 2.45) is 51.2 Å². The maximum atomic E-state index is 14.6. The number of nitrogens with two attached hydrogens (primary N) is 6. The Kier molecular flexibility index (Phi) is 38.8. The number of aromatic nitrogens is 3. The molecule has 1 aliphatic heterocycles. The highest BCUT2D eigenvalue weighted by atomic mass is 32.2. The lowest BCUT2D eigenvalue weighted by molar-refractivity contribution is -0.136. The van der Waals surface area contributed by atoms with E-state index < -0.39 is 224 Å². The zero-order chi connectivity index (χ0) is 87.5. The summed E-state index contributed by atoms with van der Waals surface area (Å²) in [6.07, 6.45) is 2.78. The number of para-hydroxylation sites is 1. The van der Waals surface area contributed by atoms with E-state index in [-0.39, 0.29) is 88.4 Å². The van der Waals surface area contributed by atoms with Crippen LogP contribution in [0.2, 0.25) is 0 Å². The number of thioether (sulfide) groups is 1. The first-order valence-corrected chi connectivity index (χ1v) is 39.4. The van der Waals surface area contributed by atoms with Crippen LogP contribution >= 0.6 is 11.8 Å². The number of aromatic amines is 2. The predicted molar refractivity (Wildman–Crippen MR) is 427 cm³/mol. The van der Waals surface area contributed by atoms with Gasteiger partial charge in [0, 0.05) is 68.4 Å². The number of benzene rings is 2. The zero-order valence-electron chi connectivity index (χ0n) is 66.2. The Morgan fingerprint density at radius 1 is 0.542 bits per heavy atom. The Morgan fingerprint density at radius 3 is 1.62 bits per heavy atom. The summed E-state index contributed by atoms with van der Waals surface area (Å²) in [6.45, 7) is 6.21. The number of carbonyl (C=O) groups excluding carboxylic acids is 18. The average Bonchev–Trinajstić information content (AvgIpc) is 1.62. The van der Waals surface area contributed by atoms with Gasteiger partial charge in [-0.3, -0.25) is 91.3 Å². The number of hydrogen-bond donors (Lipinski definition) is 23. The molecule has 3 heterocycles. The molecule has 29 N–H and O–H groups in total. The molecule has 644 valence electrons. The molecular formula is C74H108N24O19S. The molecule has 118 heavy (non-hydrogen) atoms. The van der Waals surface area contributed by atoms with Crippen molar-refractivity contribution in [1.29, 1.82) is 0 Å². The number of primary amides is 4. The van der Waals surface area contributed by atoms with Crippen LogP contribution in [0.4, 0.5) is 0 Å². The highest BCUT2D eigenvalue weighted by molar-refractivity contribution is 7.98. The first-order chi connectivity index (χ1) is 55.8. The Hall–Kier alpha value is -12.9. The van der Waals surface area contributed by atoms with Crippen LogP contribution in [0.1, 0.15) is 122 Å². The highest BCUT2D eigenvalue weighted by Crippen LogP contribution is 2.21. The van der Waals surface area contributed by atoms with Crippen molar-refractivity contribution in [3.8, 4) is 5.75 Å². The first-order valence-electron chi connectivity index (χ1n) is 38.0. The van der Waals surface area contributed by atoms with Crippen LogP contribution in [-0.4, -0.2) is 236 Å². The summed E-state index contributed by atoms with van der Waals surface area (Å²) in [5.74, 6) is -17.6. The van der Waals surface area contributed by atoms with Crippen molar-refractivity contribution in [3.63, 3.8) is 0 Å². The third-order valence-electron chi connectivity index (χ3n) is 18.4. The molecule has 0 bridgehead atoms. The molecule has 0 spiro atoms. The van der Waals surface area contributed by atoms with Gasteiger partial charge in [-0.15, -0.1) is 0 Å². The molecule has 1 fully saturated rings. The number of fused-ring (bicyclic) bond motifs is 1. The van der Waals surface area contributed by atoms with Crippen LogP contribution in [0.5, 0.6) is 5.75 Å². The van der Waals surface area contributed by atoms with Gasteiger partial charge in [0.05, 0.1) is 31.5 Å². The van der Waals surface area contributed by atoms with Crippen LogP contribution in [0.15, 0.2) is 72.2 Å². The molecule has 2 aromatic carbocycles. The van der Waals surface area contributed by atoms with Gasteiger partial charge in [-0.1, -0.05) is 58.0 Å². The number of H-pyrrole nitrogens is 2. The van der Waals surface area contributed by atoms with E-state index in [0.29, 0.717) is 33.5 Å². The number of guanidine groups is 1. The summed E-state index contributed by atoms with van der Waals surface area (Å²) in [7, 11) is 0. The minimum absolute atomic E-state index is 0.0254. The standard InChI is InChI=1S/C74H108N24O19S/c1-36(2)26-50(70(114)91-45(62(78)106)23-25-118-6)95-71(115)53(29-41-32-81-35-86-41)89-60(105)34-85-73(117)61(37(3)4)98-63(107)38(5)87-69(113)52(28-40-31-83-44-11-8-7-10-43(40)44)97-68(112)49(18-21-56(76)101)94-72(116)54(30-57(77)102)90-59(104)33-84-64(108)51(27-39-13-15-42(99)16-14-39)96-65(109)46(12-9-24-82-74(79)80)92-67(111)48(17-20-55(75)100)93-66(110)47-19-22-58(103)88-47/h7-8,10-11,13-16,31-32,35-38,45-54,61,83,99H,9,12,17-30,33-34H2,1-6H3,(H2,75,100)(H2,76,101)(H2,77,102)(H2,78,106)(H,81,86)(H,84,108)(H,85,117)(H,87,113)(H,88,103)(H,89,105)(H,90,104)(H,91,114)(H,92,111)(H,93,110)(H,94,116)(H,95,115)(H,96,109)(H,97,112)(H,98,107)(H4,79,80,82)/t38-,45+,46-,47-,48-,49-,50-,51-,52-,53-,54-,61-/m0/s1. The van der Waals surface area contributed by atoms with Gasteiger partial charge in [0.25, 0.3) is 0 Å². The number of imidazole rings is 1. The van der Waals surface area contributed by atoms with E-state index >= 15 is 0 Å². The molecule has 0 unspecified atom stereocenters. The van der Waals surface area contributed by atoms with Crippen LogP contribution in [0.3, 0.4) is 0 Å². The van der Waals surface area contributed by atoms with E-state index in [1.54, 1.807) is 44.3 Å². The third-order valence-corrected chi connectivity index (χ3v) is 19.0. The monoisotopic (exact) mass is 1670 g/mol. The minimum atomic E-state index is -1.94. The summed E-state index contributed by atoms with van der Waals surface area (Å²) < 4.78 is 0. The summed E-state index contributed by atoms with van der Waals surface area (Å²) in [4.78, 5) is 257. The lowest BCUT2D eigenvalue weighted by atomic mass is 10.0. The Balaban J connectivity index is 1.31. The second kappa shape index (κ2) is 47.8. The minimum Gasteiger partial charge on any atom is -0.508 e. The Labute approximate surface area is 682 Å². The quantitative estimate of drug-likeness (QED) is 0.0111. The summed E-state index contributed by atoms with van der Waals surface area (Å²) in [6, 6.07) is -5.26. The fraction of sp³-hybridized carbons (Fsp3) is 0.514. The maximum Gasteiger partial charge on any atom is 0.243 e. The topological polar surface area (TPSA) is 709 Å². The predicted octanol–water partition coefficient (Wildman–Crippen LogP) is -7.11. The smallest absolute Gasteiger partial charge is 0.243 e. The zero-order valence-corrected chi connectivity index (χ0v) is 67.0. The van der Waals surface area contributed by atoms with E-state index in [4.69, 9.17) is 34.4 Å². The van der Waals surface area contributed by atoms with Crippen LogP contribution in [-0.2, 0) is 106 Å². The highest BCUT2D eigenvalue weighted by Gasteiger charge is 2.38. The van der Waals surface area contributed by atoms with Crippen LogP contribution < -0.4 is 109 Å². The molecule has 18 amide bonds. The number of carbonyl (C=O) groups is 18. The maximum absolute atomic E-state index is 14.6. The number of hydrogen-bond acceptors (Lipinski definition) is 22. The van der Waals surface area contributed by atoms with Crippen LogP contribution in [0.25, 0.3) is 10.9 Å². The van der Waals surface area contributed by atoms with Crippen molar-refractivity contribution in [2.75, 3.05) is 31.6 Å². The van der Waals surface area contributed by atoms with Crippen molar-refractivity contribution in [3.05, 3.63) is 84.1 Å². The van der Waals surface area contributed by atoms with Crippen LogP contribution in [0, 0.1) is 11.8 Å². The number of rotatable bonds is 51. The second-order valence-electron chi connectivity index (χ2n) is 28.9. The van der Waals surface area contributed by atoms with E-state index in [0.717, 1.165) is 0 Å². The van der Waals surface area contributed by atoms with Crippen molar-refractivity contribution in [2.45, 2.75) is 197 Å². The largest absolute Gasteiger partial charge is 0.508 e. The number of aromatic hydroxyl groups is 1. The Morgan fingerprint density at radius 2 is 1.07 bits per heavy atom. The van der Waals surface area contributed by atoms with E-state index in [1.807, 2.05) is 20.1 Å². The number of nitrogens with one attached hydrogen (secondary N) is 16. The van der Waals surface area contributed by atoms with Crippen molar-refractivity contribution < 1.29 is 91.4 Å². The van der Waals surface area contributed by atoms with Gasteiger partial charge in [-0.05, 0) is 105 Å². The Bertz CT molecular complexity index is 4250. The first kappa shape index (κ1) is 95.7. The number of aliphatic imine (C=N–C) groups is 1. The molecule has 5 rings (SSSR count). The van der Waals surface area contributed by atoms with Gasteiger partial charge in [0.2, 0.25) is 106 Å². The number of nitrogens with zero attached hydrogens (tertiary/aromatic N) is 2. The molecule has 1 aliphatic rings. The van der Waals surface area contributed by atoms with Gasteiger partial charge in [-0.2, -0.15) is 11.8 Å². The fourth-order valence-electron chi connectivity index (χ4n) is 12.1. The normalized spacial score (nSPS) is 15.1. The molecule has 2 aromatic heterocycles. The molecule has 43 nitrogen and oxygen atoms in total. The van der Waals surface area contributed by atoms with Gasteiger partial charge in [0.15, 0.2) is 5.96 Å². The molecule has 1 saturated heterocycles. The molecule has 0 aliphatic carbocycles. The summed E-state index contributed by atoms with van der Waals surface area (Å²) in [5, 5.41) is 45.5. The lowest BCUT2D eigenvalue weighted by Gasteiger charge is -2.27.